The van der Waals surface area contributed by atoms with Gasteiger partial charge >= 0.3 is 0 Å². The molecule has 2 aliphatic rings. The van der Waals surface area contributed by atoms with E-state index < -0.39 is 0 Å². The minimum atomic E-state index is 0.159. The van der Waals surface area contributed by atoms with Gasteiger partial charge in [0, 0.05) is 0 Å². The van der Waals surface area contributed by atoms with Crippen LogP contribution < -0.4 is 5.32 Å². The lowest BCUT2D eigenvalue weighted by atomic mass is 9.79. The third-order valence-corrected chi connectivity index (χ3v) is 4.07. The Hall–Kier alpha value is -0.370. The lowest BCUT2D eigenvalue weighted by Crippen LogP contribution is -2.33. The van der Waals surface area contributed by atoms with Gasteiger partial charge in [-0.3, -0.25) is 4.79 Å². The Morgan fingerprint density at radius 1 is 1.46 bits per heavy atom. The van der Waals surface area contributed by atoms with Crippen LogP contribution in [-0.4, -0.2) is 18.4 Å². The van der Waals surface area contributed by atoms with E-state index in [2.05, 4.69) is 19.2 Å². The fourth-order valence-electron chi connectivity index (χ4n) is 3.18. The molecule has 13 heavy (non-hydrogen) atoms. The number of carbonyl (C=O) groups is 1. The number of rotatable bonds is 1. The first-order chi connectivity index (χ1) is 6.02. The minimum absolute atomic E-state index is 0.159. The molecule has 0 aromatic heterocycles. The zero-order valence-electron chi connectivity index (χ0n) is 8.76. The van der Waals surface area contributed by atoms with Gasteiger partial charge in [-0.15, -0.1) is 0 Å². The molecule has 0 aromatic rings. The molecule has 74 valence electrons. The van der Waals surface area contributed by atoms with Crippen LogP contribution in [0.25, 0.3) is 0 Å². The van der Waals surface area contributed by atoms with E-state index in [-0.39, 0.29) is 6.04 Å². The maximum absolute atomic E-state index is 11.3. The quantitative estimate of drug-likeness (QED) is 0.665. The molecule has 0 amide bonds. The average Bonchev–Trinajstić information content (AvgIpc) is 2.52. The molecule has 1 heterocycles. The molecule has 0 bridgehead atoms. The molecule has 3 atom stereocenters. The first kappa shape index (κ1) is 9.20. The number of nitrogens with one attached hydrogen (secondary N) is 1. The summed E-state index contributed by atoms with van der Waals surface area (Å²) in [5.41, 5.74) is 0.446. The Kier molecular flexibility index (Phi) is 1.99. The summed E-state index contributed by atoms with van der Waals surface area (Å²) < 4.78 is 0. The number of Topliss-reactive ketones (excluding diaryl/α,β-unsaturated/α-hetero) is 1. The summed E-state index contributed by atoms with van der Waals surface area (Å²) >= 11 is 0. The molecule has 1 saturated carbocycles. The van der Waals surface area contributed by atoms with E-state index in [1.807, 2.05) is 0 Å². The summed E-state index contributed by atoms with van der Waals surface area (Å²) in [5, 5.41) is 3.36. The Bertz CT molecular complexity index is 234. The summed E-state index contributed by atoms with van der Waals surface area (Å²) in [5.74, 6) is 1.67. The molecular formula is C11H19NO. The van der Waals surface area contributed by atoms with Crippen molar-refractivity contribution in [2.24, 2.45) is 17.3 Å². The second-order valence-electron chi connectivity index (χ2n) is 5.29. The zero-order chi connectivity index (χ0) is 9.64. The van der Waals surface area contributed by atoms with Gasteiger partial charge in [0.1, 0.15) is 5.78 Å². The largest absolute Gasteiger partial charge is 0.307 e. The maximum Gasteiger partial charge on any atom is 0.146 e. The molecule has 1 N–H and O–H groups in total. The van der Waals surface area contributed by atoms with Crippen molar-refractivity contribution in [2.75, 3.05) is 6.54 Å². The predicted molar refractivity (Wildman–Crippen MR) is 52.5 cm³/mol. The topological polar surface area (TPSA) is 29.1 Å². The monoisotopic (exact) mass is 181 g/mol. The van der Waals surface area contributed by atoms with E-state index in [4.69, 9.17) is 0 Å². The van der Waals surface area contributed by atoms with Gasteiger partial charge < -0.3 is 5.32 Å². The molecule has 0 radical (unpaired) electrons. The third kappa shape index (κ3) is 1.32. The van der Waals surface area contributed by atoms with E-state index in [0.29, 0.717) is 17.1 Å². The van der Waals surface area contributed by atoms with Crippen LogP contribution in [0.15, 0.2) is 0 Å². The van der Waals surface area contributed by atoms with Gasteiger partial charge in [0.05, 0.1) is 6.04 Å². The number of ketones is 1. The van der Waals surface area contributed by atoms with Crippen LogP contribution >= 0.6 is 0 Å². The second-order valence-corrected chi connectivity index (χ2v) is 5.29. The number of hydrogen-bond donors (Lipinski definition) is 1. The SMILES string of the molecule is CC(=O)[C@H]1NCC2C1CCC2(C)C. The van der Waals surface area contributed by atoms with Crippen LogP contribution in [0.4, 0.5) is 0 Å². The normalized spacial score (nSPS) is 41.9. The lowest BCUT2D eigenvalue weighted by molar-refractivity contribution is -0.119. The van der Waals surface area contributed by atoms with Gasteiger partial charge in [0.15, 0.2) is 0 Å². The Morgan fingerprint density at radius 2 is 2.15 bits per heavy atom. The van der Waals surface area contributed by atoms with Gasteiger partial charge in [0.2, 0.25) is 0 Å². The van der Waals surface area contributed by atoms with E-state index in [9.17, 15) is 4.79 Å². The fourth-order valence-corrected chi connectivity index (χ4v) is 3.18. The highest BCUT2D eigenvalue weighted by Crippen LogP contribution is 2.49. The predicted octanol–water partition coefficient (Wildman–Crippen LogP) is 1.60. The Labute approximate surface area is 80.1 Å². The molecule has 1 saturated heterocycles. The van der Waals surface area contributed by atoms with Crippen LogP contribution in [0.5, 0.6) is 0 Å². The minimum Gasteiger partial charge on any atom is -0.307 e. The van der Waals surface area contributed by atoms with Crippen molar-refractivity contribution >= 4 is 5.78 Å². The first-order valence-corrected chi connectivity index (χ1v) is 5.26. The third-order valence-electron chi connectivity index (χ3n) is 4.07. The van der Waals surface area contributed by atoms with Crippen molar-refractivity contribution in [2.45, 2.75) is 39.7 Å². The van der Waals surface area contributed by atoms with Crippen molar-refractivity contribution in [3.8, 4) is 0 Å². The van der Waals surface area contributed by atoms with Crippen molar-refractivity contribution in [1.29, 1.82) is 0 Å². The smallest absolute Gasteiger partial charge is 0.146 e. The zero-order valence-corrected chi connectivity index (χ0v) is 8.76. The van der Waals surface area contributed by atoms with Crippen LogP contribution in [0.2, 0.25) is 0 Å². The van der Waals surface area contributed by atoms with Gasteiger partial charge in [0.25, 0.3) is 0 Å². The Morgan fingerprint density at radius 3 is 2.77 bits per heavy atom. The van der Waals surface area contributed by atoms with Gasteiger partial charge in [-0.25, -0.2) is 0 Å². The van der Waals surface area contributed by atoms with E-state index in [1.54, 1.807) is 6.92 Å². The summed E-state index contributed by atoms with van der Waals surface area (Å²) in [7, 11) is 0. The highest BCUT2D eigenvalue weighted by Gasteiger charge is 2.49. The molecule has 0 aromatic carbocycles. The average molecular weight is 181 g/mol. The summed E-state index contributed by atoms with van der Waals surface area (Å²) in [6.07, 6.45) is 2.52. The number of carbonyl (C=O) groups excluding carboxylic acids is 1. The van der Waals surface area contributed by atoms with Crippen LogP contribution in [-0.2, 0) is 4.79 Å². The van der Waals surface area contributed by atoms with Crippen LogP contribution in [0.1, 0.15) is 33.6 Å². The van der Waals surface area contributed by atoms with Crippen LogP contribution in [0, 0.1) is 17.3 Å². The van der Waals surface area contributed by atoms with Crippen molar-refractivity contribution in [3.05, 3.63) is 0 Å². The van der Waals surface area contributed by atoms with E-state index >= 15 is 0 Å². The highest BCUT2D eigenvalue weighted by molar-refractivity contribution is 5.82. The van der Waals surface area contributed by atoms with Crippen molar-refractivity contribution in [3.63, 3.8) is 0 Å². The van der Waals surface area contributed by atoms with E-state index in [0.717, 1.165) is 12.5 Å². The summed E-state index contributed by atoms with van der Waals surface area (Å²) in [6, 6.07) is 0.159. The molecule has 2 nitrogen and oxygen atoms in total. The summed E-state index contributed by atoms with van der Waals surface area (Å²) in [6.45, 7) is 7.43. The fraction of sp³-hybridized carbons (Fsp3) is 0.909. The van der Waals surface area contributed by atoms with Crippen molar-refractivity contribution < 1.29 is 4.79 Å². The van der Waals surface area contributed by atoms with Crippen LogP contribution in [0.3, 0.4) is 0 Å². The molecule has 2 unspecified atom stereocenters. The standard InChI is InChI=1S/C11H19NO/c1-7(13)10-8-4-5-11(2,3)9(8)6-12-10/h8-10,12H,4-6H2,1-3H3/t8?,9?,10-/m1/s1. The lowest BCUT2D eigenvalue weighted by Gasteiger charge is -2.25. The molecule has 2 fully saturated rings. The van der Waals surface area contributed by atoms with Gasteiger partial charge in [-0.1, -0.05) is 13.8 Å². The number of fused-ring (bicyclic) bond motifs is 1. The number of hydrogen-bond acceptors (Lipinski definition) is 2. The highest BCUT2D eigenvalue weighted by atomic mass is 16.1. The van der Waals surface area contributed by atoms with Crippen molar-refractivity contribution in [1.82, 2.24) is 5.32 Å². The van der Waals surface area contributed by atoms with Gasteiger partial charge in [-0.05, 0) is 43.6 Å². The molecule has 0 spiro atoms. The molecule has 1 aliphatic heterocycles. The first-order valence-electron chi connectivity index (χ1n) is 5.26. The molecule has 1 aliphatic carbocycles. The molecular weight excluding hydrogens is 162 g/mol. The maximum atomic E-state index is 11.3. The Balaban J connectivity index is 2.16. The molecule has 2 heteroatoms. The van der Waals surface area contributed by atoms with Gasteiger partial charge in [-0.2, -0.15) is 0 Å². The van der Waals surface area contributed by atoms with E-state index in [1.165, 1.54) is 12.8 Å². The second kappa shape index (κ2) is 2.81. The summed E-state index contributed by atoms with van der Waals surface area (Å²) in [4.78, 5) is 11.3. The molecule has 2 rings (SSSR count).